The van der Waals surface area contributed by atoms with Crippen molar-refractivity contribution in [3.8, 4) is 45.0 Å². The van der Waals surface area contributed by atoms with Gasteiger partial charge in [-0.1, -0.05) is 216 Å². The highest BCUT2D eigenvalue weighted by molar-refractivity contribution is 6.45. The molecule has 8 aromatic heterocycles. The SMILES string of the molecule is CC1(C)CCN(c2cnc3c(-c4cccc(Cl)c4Cl)[nH]nc3n2)CC1.CC1[C@]2(C)CN(c3cnc4c(-c5cccc(Cl)c5Cl)[nH]nc4n3)C[C@]12C.CCC1(C)CCN(c2cnc3c(-c4cccc(Cl)c4Cl)[nH]nc3n2)CC1.CCC1(C)CCN(c2cnc3c(-c4cccc(Cl)c4Cl)[nH]nc3n2)CC1. The molecule has 5 aliphatic rings. The van der Waals surface area contributed by atoms with Gasteiger partial charge in [-0.05, 0) is 95.8 Å². The Bertz CT molecular complexity index is 4950. The first-order valence-electron chi connectivity index (χ1n) is 34.9. The molecule has 1 saturated carbocycles. The fourth-order valence-electron chi connectivity index (χ4n) is 14.8. The summed E-state index contributed by atoms with van der Waals surface area (Å²) >= 11 is 49.9. The van der Waals surface area contributed by atoms with E-state index in [2.05, 4.69) is 148 Å². The van der Waals surface area contributed by atoms with E-state index in [9.17, 15) is 0 Å². The van der Waals surface area contributed by atoms with Gasteiger partial charge in [0.1, 0.15) is 45.3 Å². The third-order valence-electron chi connectivity index (χ3n) is 23.1. The number of aromatic nitrogens is 16. The molecule has 0 amide bonds. The molecule has 0 radical (unpaired) electrons. The van der Waals surface area contributed by atoms with Gasteiger partial charge in [0.15, 0.2) is 0 Å². The average molecular weight is 1550 g/mol. The van der Waals surface area contributed by atoms with Gasteiger partial charge in [0.2, 0.25) is 22.6 Å². The number of halogens is 8. The van der Waals surface area contributed by atoms with E-state index >= 15 is 0 Å². The largest absolute Gasteiger partial charge is 0.355 e. The molecule has 536 valence electrons. The lowest BCUT2D eigenvalue weighted by atomic mass is 9.78. The molecular weight excluding hydrogens is 1460 g/mol. The van der Waals surface area contributed by atoms with Crippen LogP contribution in [-0.2, 0) is 0 Å². The van der Waals surface area contributed by atoms with Crippen LogP contribution in [0.4, 0.5) is 23.3 Å². The predicted molar refractivity (Wildman–Crippen MR) is 421 cm³/mol. The lowest BCUT2D eigenvalue weighted by Crippen LogP contribution is -2.38. The highest BCUT2D eigenvalue weighted by atomic mass is 35.5. The molecule has 5 fully saturated rings. The molecule has 4 aromatic carbocycles. The van der Waals surface area contributed by atoms with E-state index in [1.165, 1.54) is 38.5 Å². The van der Waals surface area contributed by atoms with Gasteiger partial charge in [0.25, 0.3) is 0 Å². The molecule has 17 rings (SSSR count). The maximum absolute atomic E-state index is 6.35. The third kappa shape index (κ3) is 14.1. The number of rotatable bonds is 10. The third-order valence-corrected chi connectivity index (χ3v) is 26.4. The van der Waals surface area contributed by atoms with Gasteiger partial charge in [-0.3, -0.25) is 20.4 Å². The zero-order valence-corrected chi connectivity index (χ0v) is 64.9. The van der Waals surface area contributed by atoms with E-state index in [0.29, 0.717) is 112 Å². The molecular formula is C75H80Cl8N20. The summed E-state index contributed by atoms with van der Waals surface area (Å²) in [6.07, 6.45) is 16.7. The first-order chi connectivity index (χ1) is 49.3. The maximum Gasteiger partial charge on any atom is 0.202 e. The van der Waals surface area contributed by atoms with Gasteiger partial charge in [0.05, 0.1) is 87.7 Å². The Labute approximate surface area is 638 Å². The fourth-order valence-corrected chi connectivity index (χ4v) is 16.4. The van der Waals surface area contributed by atoms with Crippen molar-refractivity contribution in [2.75, 3.05) is 72.0 Å². The Kier molecular flexibility index (Phi) is 20.3. The number of nitrogens with one attached hydrogen (secondary N) is 4. The average Bonchev–Trinajstić information content (AvgIpc) is 1.50. The van der Waals surface area contributed by atoms with Gasteiger partial charge in [-0.2, -0.15) is 20.4 Å². The topological polar surface area (TPSA) is 231 Å². The molecule has 0 bridgehead atoms. The van der Waals surface area contributed by atoms with E-state index < -0.39 is 0 Å². The van der Waals surface area contributed by atoms with Crippen LogP contribution in [0.25, 0.3) is 89.7 Å². The van der Waals surface area contributed by atoms with Crippen LogP contribution >= 0.6 is 92.8 Å². The number of hydrogen-bond acceptors (Lipinski definition) is 16. The standard InChI is InChI=1S/C19H19Cl2N5.2C19H21Cl2N5.C18H19Cl2N5/c1-10-18(2)8-26(9-19(10,18)3)13-7-22-16-15(24-25-17(16)23-13)11-5-4-6-12(20)14(11)21;2*1-3-19(2)7-9-26(10-8-19)14-11-22-17-16(24-25-18(17)23-14)12-5-4-6-13(20)15(12)21;1-18(2)6-8-25(9-7-18)13-10-21-16-15(23-24-17(16)22-13)11-4-3-5-12(19)14(11)20/h4-7,10H,8-9H2,1-3H3,(H,23,24,25);2*4-6,11H,3,7-10H2,1-2H3,(H,23,24,25);3-5,10H,6-9H2,1-2H3,(H,22,23,24)/t10?,18-,19+;;;. The van der Waals surface area contributed by atoms with Gasteiger partial charge < -0.3 is 19.6 Å². The number of nitrogens with zero attached hydrogens (tertiary/aromatic N) is 16. The van der Waals surface area contributed by atoms with Gasteiger partial charge in [-0.15, -0.1) is 0 Å². The zero-order valence-electron chi connectivity index (χ0n) is 58.8. The summed E-state index contributed by atoms with van der Waals surface area (Å²) in [5.74, 6) is 4.27. The molecule has 1 unspecified atom stereocenters. The number of benzene rings is 4. The Morgan fingerprint density at radius 2 is 0.621 bits per heavy atom. The van der Waals surface area contributed by atoms with Crippen LogP contribution in [0, 0.1) is 33.0 Å². The minimum atomic E-state index is 0.370. The smallest absolute Gasteiger partial charge is 0.202 e. The Hall–Kier alpha value is -7.40. The Balaban J connectivity index is 0.000000116. The number of fused-ring (bicyclic) bond motifs is 5. The van der Waals surface area contributed by atoms with Crippen molar-refractivity contribution >= 4 is 161 Å². The number of anilines is 4. The molecule has 4 aliphatic heterocycles. The molecule has 4 saturated heterocycles. The van der Waals surface area contributed by atoms with Crippen molar-refractivity contribution < 1.29 is 0 Å². The second-order valence-corrected chi connectivity index (χ2v) is 32.9. The fraction of sp³-hybridized carbons (Fsp3) is 0.413. The molecule has 4 N–H and O–H groups in total. The first-order valence-corrected chi connectivity index (χ1v) is 37.9. The summed E-state index contributed by atoms with van der Waals surface area (Å²) in [6, 6.07) is 22.0. The molecule has 103 heavy (non-hydrogen) atoms. The van der Waals surface area contributed by atoms with Crippen LogP contribution in [0.3, 0.4) is 0 Å². The van der Waals surface area contributed by atoms with Crippen molar-refractivity contribution in [2.24, 2.45) is 33.0 Å². The Morgan fingerprint density at radius 1 is 0.369 bits per heavy atom. The van der Waals surface area contributed by atoms with Crippen molar-refractivity contribution in [3.05, 3.63) is 138 Å². The highest BCUT2D eigenvalue weighted by Gasteiger charge is 2.72. The van der Waals surface area contributed by atoms with Crippen LogP contribution < -0.4 is 19.6 Å². The molecule has 1 aliphatic carbocycles. The minimum Gasteiger partial charge on any atom is -0.355 e. The van der Waals surface area contributed by atoms with Gasteiger partial charge in [-0.25, -0.2) is 39.9 Å². The molecule has 3 atom stereocenters. The summed E-state index contributed by atoms with van der Waals surface area (Å²) in [5, 5.41) is 33.4. The monoisotopic (exact) mass is 1540 g/mol. The zero-order chi connectivity index (χ0) is 72.5. The summed E-state index contributed by atoms with van der Waals surface area (Å²) in [7, 11) is 0. The van der Waals surface area contributed by atoms with Crippen molar-refractivity contribution in [1.29, 1.82) is 0 Å². The van der Waals surface area contributed by atoms with Crippen LogP contribution in [0.2, 0.25) is 40.2 Å². The number of aromatic amines is 4. The molecule has 0 spiro atoms. The normalized spacial score (nSPS) is 20.3. The van der Waals surface area contributed by atoms with Crippen molar-refractivity contribution in [3.63, 3.8) is 0 Å². The Morgan fingerprint density at radius 3 is 0.883 bits per heavy atom. The number of H-pyrrole nitrogens is 4. The number of hydrogen-bond donors (Lipinski definition) is 4. The van der Waals surface area contributed by atoms with E-state index in [4.69, 9.17) is 108 Å². The molecule has 12 heterocycles. The van der Waals surface area contributed by atoms with Crippen LogP contribution in [0.1, 0.15) is 114 Å². The number of piperidine rings is 4. The summed E-state index contributed by atoms with van der Waals surface area (Å²) < 4.78 is 0. The lowest BCUT2D eigenvalue weighted by molar-refractivity contribution is 0.237. The molecule has 20 nitrogen and oxygen atoms in total. The molecule has 28 heteroatoms. The lowest BCUT2D eigenvalue weighted by Gasteiger charge is -2.39. The quantitative estimate of drug-likeness (QED) is 0.0997. The van der Waals surface area contributed by atoms with E-state index in [1.54, 1.807) is 24.3 Å². The van der Waals surface area contributed by atoms with Crippen molar-refractivity contribution in [2.45, 2.75) is 114 Å². The first kappa shape index (κ1) is 72.5. The predicted octanol–water partition coefficient (Wildman–Crippen LogP) is 20.4. The summed E-state index contributed by atoms with van der Waals surface area (Å²) in [5.41, 5.74) is 13.3. The molecule has 12 aromatic rings. The van der Waals surface area contributed by atoms with E-state index in [1.807, 2.05) is 73.3 Å². The van der Waals surface area contributed by atoms with E-state index in [-0.39, 0.29) is 0 Å². The summed E-state index contributed by atoms with van der Waals surface area (Å²) in [6.45, 7) is 29.0. The van der Waals surface area contributed by atoms with Crippen LogP contribution in [-0.4, -0.2) is 133 Å². The van der Waals surface area contributed by atoms with Crippen LogP contribution in [0.5, 0.6) is 0 Å². The minimum absolute atomic E-state index is 0.370. The second-order valence-electron chi connectivity index (χ2n) is 29.8. The van der Waals surface area contributed by atoms with E-state index in [0.717, 1.165) is 139 Å². The van der Waals surface area contributed by atoms with Gasteiger partial charge in [0, 0.05) is 74.6 Å². The highest BCUT2D eigenvalue weighted by Crippen LogP contribution is 2.72. The van der Waals surface area contributed by atoms with Crippen LogP contribution in [0.15, 0.2) is 97.6 Å². The van der Waals surface area contributed by atoms with Crippen molar-refractivity contribution in [1.82, 2.24) is 80.7 Å². The summed E-state index contributed by atoms with van der Waals surface area (Å²) in [4.78, 5) is 46.5. The maximum atomic E-state index is 6.35. The second kappa shape index (κ2) is 28.8. The van der Waals surface area contributed by atoms with Gasteiger partial charge >= 0.3 is 0 Å².